The number of ether oxygens (including phenoxy) is 1. The Morgan fingerprint density at radius 2 is 2.05 bits per heavy atom. The lowest BCUT2D eigenvalue weighted by Gasteiger charge is -2.41. The Morgan fingerprint density at radius 3 is 2.55 bits per heavy atom. The molecule has 110 valence electrons. The highest BCUT2D eigenvalue weighted by molar-refractivity contribution is 5.35. The molecule has 0 spiro atoms. The zero-order chi connectivity index (χ0) is 14.4. The highest BCUT2D eigenvalue weighted by atomic mass is 16.6. The van der Waals surface area contributed by atoms with Gasteiger partial charge in [-0.05, 0) is 36.8 Å². The second-order valence-electron chi connectivity index (χ2n) is 5.48. The van der Waals surface area contributed by atoms with Gasteiger partial charge >= 0.3 is 0 Å². The second kappa shape index (κ2) is 6.70. The fourth-order valence-electron chi connectivity index (χ4n) is 2.59. The van der Waals surface area contributed by atoms with E-state index in [1.165, 1.54) is 37.8 Å². The first-order valence-electron chi connectivity index (χ1n) is 7.23. The van der Waals surface area contributed by atoms with Crippen LogP contribution >= 0.6 is 0 Å². The van der Waals surface area contributed by atoms with E-state index in [4.69, 9.17) is 4.74 Å². The molecule has 0 aliphatic heterocycles. The van der Waals surface area contributed by atoms with Crippen molar-refractivity contribution in [3.63, 3.8) is 0 Å². The molecule has 1 aliphatic rings. The van der Waals surface area contributed by atoms with Crippen LogP contribution in [-0.2, 0) is 0 Å². The van der Waals surface area contributed by atoms with Crippen molar-refractivity contribution >= 4 is 5.69 Å². The average Bonchev–Trinajstić information content (AvgIpc) is 2.41. The van der Waals surface area contributed by atoms with E-state index >= 15 is 0 Å². The predicted octanol–water partition coefficient (Wildman–Crippen LogP) is 3.14. The first-order valence-corrected chi connectivity index (χ1v) is 7.23. The van der Waals surface area contributed by atoms with E-state index < -0.39 is 4.92 Å². The SMILES string of the molecule is CCC1(CNCCOc2ccc([N+](=O)[O-])cc2)CCC1. The lowest BCUT2D eigenvalue weighted by Crippen LogP contribution is -2.40. The maximum Gasteiger partial charge on any atom is 0.269 e. The van der Waals surface area contributed by atoms with Gasteiger partial charge in [-0.25, -0.2) is 0 Å². The Labute approximate surface area is 119 Å². The summed E-state index contributed by atoms with van der Waals surface area (Å²) >= 11 is 0. The van der Waals surface area contributed by atoms with Gasteiger partial charge in [0.15, 0.2) is 0 Å². The van der Waals surface area contributed by atoms with Gasteiger partial charge in [-0.2, -0.15) is 0 Å². The number of rotatable bonds is 8. The number of benzene rings is 1. The number of non-ortho nitro benzene ring substituents is 1. The average molecular weight is 278 g/mol. The fraction of sp³-hybridized carbons (Fsp3) is 0.600. The maximum absolute atomic E-state index is 10.5. The smallest absolute Gasteiger partial charge is 0.269 e. The van der Waals surface area contributed by atoms with Crippen molar-refractivity contribution in [3.05, 3.63) is 34.4 Å². The summed E-state index contributed by atoms with van der Waals surface area (Å²) in [7, 11) is 0. The second-order valence-corrected chi connectivity index (χ2v) is 5.48. The molecule has 0 atom stereocenters. The Kier molecular flexibility index (Phi) is 4.95. The number of nitro benzene ring substituents is 1. The molecule has 1 aliphatic carbocycles. The van der Waals surface area contributed by atoms with Gasteiger partial charge in [-0.1, -0.05) is 13.3 Å². The quantitative estimate of drug-likeness (QED) is 0.451. The molecular weight excluding hydrogens is 256 g/mol. The van der Waals surface area contributed by atoms with Gasteiger partial charge in [-0.3, -0.25) is 10.1 Å². The minimum Gasteiger partial charge on any atom is -0.492 e. The molecule has 20 heavy (non-hydrogen) atoms. The van der Waals surface area contributed by atoms with Crippen molar-refractivity contribution in [2.75, 3.05) is 19.7 Å². The highest BCUT2D eigenvalue weighted by Gasteiger charge is 2.34. The summed E-state index contributed by atoms with van der Waals surface area (Å²) in [5, 5.41) is 14.0. The van der Waals surface area contributed by atoms with Crippen molar-refractivity contribution < 1.29 is 9.66 Å². The summed E-state index contributed by atoms with van der Waals surface area (Å²) in [6.45, 7) is 4.71. The van der Waals surface area contributed by atoms with E-state index in [0.29, 0.717) is 17.8 Å². The van der Waals surface area contributed by atoms with Crippen LogP contribution in [0.5, 0.6) is 5.75 Å². The lowest BCUT2D eigenvalue weighted by atomic mass is 9.67. The highest BCUT2D eigenvalue weighted by Crippen LogP contribution is 2.42. The van der Waals surface area contributed by atoms with Crippen LogP contribution in [0.25, 0.3) is 0 Å². The van der Waals surface area contributed by atoms with Crippen LogP contribution in [0.15, 0.2) is 24.3 Å². The molecule has 5 heteroatoms. The standard InChI is InChI=1S/C15H22N2O3/c1-2-15(8-3-9-15)12-16-10-11-20-14-6-4-13(5-7-14)17(18)19/h4-7,16H,2-3,8-12H2,1H3. The molecule has 1 fully saturated rings. The van der Waals surface area contributed by atoms with Crippen LogP contribution in [-0.4, -0.2) is 24.6 Å². The van der Waals surface area contributed by atoms with Gasteiger partial charge in [0.05, 0.1) is 4.92 Å². The Hall–Kier alpha value is -1.62. The van der Waals surface area contributed by atoms with Gasteiger partial charge in [-0.15, -0.1) is 0 Å². The fourth-order valence-corrected chi connectivity index (χ4v) is 2.59. The number of hydrogen-bond donors (Lipinski definition) is 1. The third-order valence-electron chi connectivity index (χ3n) is 4.26. The molecule has 0 heterocycles. The van der Waals surface area contributed by atoms with Crippen LogP contribution in [0.3, 0.4) is 0 Å². The van der Waals surface area contributed by atoms with Crippen molar-refractivity contribution in [2.45, 2.75) is 32.6 Å². The van der Waals surface area contributed by atoms with E-state index in [9.17, 15) is 10.1 Å². The number of hydrogen-bond acceptors (Lipinski definition) is 4. The van der Waals surface area contributed by atoms with Crippen molar-refractivity contribution in [1.29, 1.82) is 0 Å². The maximum atomic E-state index is 10.5. The minimum absolute atomic E-state index is 0.0883. The van der Waals surface area contributed by atoms with Crippen molar-refractivity contribution in [1.82, 2.24) is 5.32 Å². The van der Waals surface area contributed by atoms with E-state index in [1.54, 1.807) is 12.1 Å². The molecule has 1 saturated carbocycles. The largest absolute Gasteiger partial charge is 0.492 e. The predicted molar refractivity (Wildman–Crippen MR) is 78.0 cm³/mol. The molecule has 0 amide bonds. The van der Waals surface area contributed by atoms with Crippen LogP contribution in [0, 0.1) is 15.5 Å². The van der Waals surface area contributed by atoms with Crippen LogP contribution in [0.4, 0.5) is 5.69 Å². The van der Waals surface area contributed by atoms with E-state index in [-0.39, 0.29) is 5.69 Å². The third-order valence-corrected chi connectivity index (χ3v) is 4.26. The Morgan fingerprint density at radius 1 is 1.35 bits per heavy atom. The number of nitro groups is 1. The van der Waals surface area contributed by atoms with E-state index in [2.05, 4.69) is 12.2 Å². The molecule has 0 bridgehead atoms. The first kappa shape index (κ1) is 14.8. The summed E-state index contributed by atoms with van der Waals surface area (Å²) < 4.78 is 5.56. The molecule has 0 unspecified atom stereocenters. The lowest BCUT2D eigenvalue weighted by molar-refractivity contribution is -0.384. The van der Waals surface area contributed by atoms with E-state index in [0.717, 1.165) is 13.1 Å². The van der Waals surface area contributed by atoms with Gasteiger partial charge in [0.25, 0.3) is 5.69 Å². The molecule has 0 saturated heterocycles. The Bertz CT molecular complexity index is 435. The number of nitrogens with zero attached hydrogens (tertiary/aromatic N) is 1. The molecule has 0 radical (unpaired) electrons. The third kappa shape index (κ3) is 3.70. The van der Waals surface area contributed by atoms with Crippen LogP contribution in [0.2, 0.25) is 0 Å². The number of nitrogens with one attached hydrogen (secondary N) is 1. The molecule has 5 nitrogen and oxygen atoms in total. The van der Waals surface area contributed by atoms with Crippen LogP contribution < -0.4 is 10.1 Å². The molecule has 0 aromatic heterocycles. The molecule has 1 aromatic carbocycles. The summed E-state index contributed by atoms with van der Waals surface area (Å²) in [5.74, 6) is 0.672. The summed E-state index contributed by atoms with van der Waals surface area (Å²) in [4.78, 5) is 10.1. The normalized spacial score (nSPS) is 16.4. The summed E-state index contributed by atoms with van der Waals surface area (Å²) in [6, 6.07) is 6.20. The van der Waals surface area contributed by atoms with Gasteiger partial charge in [0, 0.05) is 25.2 Å². The molecule has 1 N–H and O–H groups in total. The Balaban J connectivity index is 1.64. The minimum atomic E-state index is -0.409. The zero-order valence-electron chi connectivity index (χ0n) is 11.9. The molecular formula is C15H22N2O3. The van der Waals surface area contributed by atoms with Crippen molar-refractivity contribution in [3.8, 4) is 5.75 Å². The zero-order valence-corrected chi connectivity index (χ0v) is 11.9. The van der Waals surface area contributed by atoms with Crippen molar-refractivity contribution in [2.24, 2.45) is 5.41 Å². The van der Waals surface area contributed by atoms with E-state index in [1.807, 2.05) is 0 Å². The van der Waals surface area contributed by atoms with Gasteiger partial charge in [0.2, 0.25) is 0 Å². The van der Waals surface area contributed by atoms with Gasteiger partial charge in [0.1, 0.15) is 12.4 Å². The summed E-state index contributed by atoms with van der Waals surface area (Å²) in [6.07, 6.45) is 5.26. The first-order chi connectivity index (χ1) is 9.65. The molecule has 2 rings (SSSR count). The summed E-state index contributed by atoms with van der Waals surface area (Å²) in [5.41, 5.74) is 0.609. The topological polar surface area (TPSA) is 64.4 Å². The monoisotopic (exact) mass is 278 g/mol. The van der Waals surface area contributed by atoms with Gasteiger partial charge < -0.3 is 10.1 Å². The molecule has 1 aromatic rings. The van der Waals surface area contributed by atoms with Crippen LogP contribution in [0.1, 0.15) is 32.6 Å².